The average molecular weight is 508 g/mol. The summed E-state index contributed by atoms with van der Waals surface area (Å²) in [5, 5.41) is 3.52. The van der Waals surface area contributed by atoms with Crippen LogP contribution in [0.3, 0.4) is 0 Å². The molecule has 1 atom stereocenters. The minimum absolute atomic E-state index is 0. The number of hydrogen-bond donors (Lipinski definition) is 1. The van der Waals surface area contributed by atoms with Gasteiger partial charge in [-0.25, -0.2) is 0 Å². The largest absolute Gasteiger partial charge is 0.379 e. The Hall–Kier alpha value is -0.120. The fraction of sp³-hybridized carbons (Fsp3) is 0.952. The lowest BCUT2D eigenvalue weighted by molar-refractivity contribution is 0.0195. The van der Waals surface area contributed by atoms with Crippen LogP contribution in [0.1, 0.15) is 51.9 Å². The molecule has 6 nitrogen and oxygen atoms in total. The predicted molar refractivity (Wildman–Crippen MR) is 128 cm³/mol. The number of rotatable bonds is 7. The molecule has 0 radical (unpaired) electrons. The van der Waals surface area contributed by atoms with E-state index in [1.165, 1.54) is 45.1 Å². The van der Waals surface area contributed by atoms with Crippen molar-refractivity contribution in [2.24, 2.45) is 4.99 Å². The highest BCUT2D eigenvalue weighted by Crippen LogP contribution is 2.21. The molecule has 0 bridgehead atoms. The lowest BCUT2D eigenvalue weighted by Crippen LogP contribution is -2.46. The Balaban J connectivity index is 0.00000280. The van der Waals surface area contributed by atoms with E-state index in [4.69, 9.17) is 9.73 Å². The quantitative estimate of drug-likeness (QED) is 0.249. The fourth-order valence-electron chi connectivity index (χ4n) is 4.81. The van der Waals surface area contributed by atoms with Crippen molar-refractivity contribution in [2.45, 2.75) is 64.0 Å². The van der Waals surface area contributed by atoms with E-state index in [-0.39, 0.29) is 24.0 Å². The van der Waals surface area contributed by atoms with Crippen molar-refractivity contribution in [3.05, 3.63) is 0 Å². The minimum atomic E-state index is 0. The van der Waals surface area contributed by atoms with Gasteiger partial charge in [-0.3, -0.25) is 9.89 Å². The van der Waals surface area contributed by atoms with Crippen LogP contribution >= 0.6 is 24.0 Å². The zero-order valence-corrected chi connectivity index (χ0v) is 20.4. The molecule has 0 amide bonds. The normalized spacial score (nSPS) is 25.2. The van der Waals surface area contributed by atoms with Crippen LogP contribution < -0.4 is 5.32 Å². The van der Waals surface area contributed by atoms with E-state index >= 15 is 0 Å². The van der Waals surface area contributed by atoms with Gasteiger partial charge in [0, 0.05) is 51.4 Å². The zero-order valence-electron chi connectivity index (χ0n) is 18.1. The smallest absolute Gasteiger partial charge is 0.193 e. The third kappa shape index (κ3) is 7.29. The maximum atomic E-state index is 5.51. The van der Waals surface area contributed by atoms with Gasteiger partial charge in [0.05, 0.1) is 13.2 Å². The number of nitrogens with zero attached hydrogens (tertiary/aromatic N) is 4. The fourth-order valence-corrected chi connectivity index (χ4v) is 4.81. The maximum Gasteiger partial charge on any atom is 0.193 e. The molecular weight excluding hydrogens is 465 g/mol. The Morgan fingerprint density at radius 3 is 2.57 bits per heavy atom. The van der Waals surface area contributed by atoms with E-state index in [1.807, 2.05) is 0 Å². The molecule has 0 aromatic carbocycles. The molecule has 2 heterocycles. The number of morpholine rings is 1. The van der Waals surface area contributed by atoms with Gasteiger partial charge >= 0.3 is 0 Å². The lowest BCUT2D eigenvalue weighted by atomic mass is 9.94. The monoisotopic (exact) mass is 507 g/mol. The van der Waals surface area contributed by atoms with E-state index in [2.05, 4.69) is 34.0 Å². The number of halogens is 1. The summed E-state index contributed by atoms with van der Waals surface area (Å²) in [4.78, 5) is 12.6. The maximum absolute atomic E-state index is 5.51. The van der Waals surface area contributed by atoms with E-state index in [0.717, 1.165) is 70.9 Å². The number of hydrogen-bond acceptors (Lipinski definition) is 4. The molecule has 7 heteroatoms. The lowest BCUT2D eigenvalue weighted by Gasteiger charge is -2.32. The van der Waals surface area contributed by atoms with Crippen LogP contribution in [0, 0.1) is 0 Å². The topological polar surface area (TPSA) is 43.3 Å². The van der Waals surface area contributed by atoms with Gasteiger partial charge in [0.2, 0.25) is 0 Å². The summed E-state index contributed by atoms with van der Waals surface area (Å²) >= 11 is 0. The summed E-state index contributed by atoms with van der Waals surface area (Å²) in [5.41, 5.74) is 0. The highest BCUT2D eigenvalue weighted by molar-refractivity contribution is 14.0. The molecule has 1 unspecified atom stereocenters. The van der Waals surface area contributed by atoms with Crippen LogP contribution in [-0.4, -0.2) is 98.8 Å². The van der Waals surface area contributed by atoms with E-state index in [9.17, 15) is 0 Å². The molecule has 0 spiro atoms. The Morgan fingerprint density at radius 1 is 1.11 bits per heavy atom. The second-order valence-electron chi connectivity index (χ2n) is 8.40. The zero-order chi connectivity index (χ0) is 18.9. The Labute approximate surface area is 189 Å². The molecule has 28 heavy (non-hydrogen) atoms. The summed E-state index contributed by atoms with van der Waals surface area (Å²) in [6.45, 7) is 11.4. The van der Waals surface area contributed by atoms with Crippen molar-refractivity contribution in [3.8, 4) is 0 Å². The first-order chi connectivity index (χ1) is 13.3. The number of aliphatic imine (C=N–C) groups is 1. The molecule has 2 aliphatic heterocycles. The van der Waals surface area contributed by atoms with Gasteiger partial charge < -0.3 is 19.9 Å². The number of ether oxygens (including phenoxy) is 1. The first-order valence-electron chi connectivity index (χ1n) is 11.3. The molecule has 0 aromatic heterocycles. The van der Waals surface area contributed by atoms with Gasteiger partial charge in [-0.2, -0.15) is 0 Å². The highest BCUT2D eigenvalue weighted by Gasteiger charge is 2.30. The molecule has 1 aliphatic carbocycles. The van der Waals surface area contributed by atoms with Gasteiger partial charge in [-0.1, -0.05) is 19.3 Å². The van der Waals surface area contributed by atoms with E-state index in [1.54, 1.807) is 0 Å². The number of likely N-dealkylation sites (tertiary alicyclic amines) is 1. The van der Waals surface area contributed by atoms with Crippen LogP contribution in [0.15, 0.2) is 4.99 Å². The van der Waals surface area contributed by atoms with Gasteiger partial charge in [0.1, 0.15) is 0 Å². The summed E-state index contributed by atoms with van der Waals surface area (Å²) in [7, 11) is 2.30. The van der Waals surface area contributed by atoms with Crippen molar-refractivity contribution >= 4 is 29.9 Å². The molecule has 1 N–H and O–H groups in total. The molecule has 0 aromatic rings. The summed E-state index contributed by atoms with van der Waals surface area (Å²) < 4.78 is 5.51. The standard InChI is InChI=1S/C21H41N5O.HI/c1-3-22-21(23-11-7-12-24(2)19-8-5-4-6-9-19)26-13-10-20(18-26)25-14-16-27-17-15-25;/h19-20H,3-18H2,1-2H3,(H,22,23);1H. The van der Waals surface area contributed by atoms with Crippen LogP contribution in [0.5, 0.6) is 0 Å². The average Bonchev–Trinajstić information content (AvgIpc) is 3.21. The third-order valence-corrected chi connectivity index (χ3v) is 6.49. The Bertz CT molecular complexity index is 452. The predicted octanol–water partition coefficient (Wildman–Crippen LogP) is 2.63. The SMILES string of the molecule is CCNC(=NCCCN(C)C1CCCCC1)N1CCC(N2CCOCC2)C1.I. The van der Waals surface area contributed by atoms with Crippen LogP contribution in [-0.2, 0) is 4.74 Å². The third-order valence-electron chi connectivity index (χ3n) is 6.49. The van der Waals surface area contributed by atoms with E-state index in [0.29, 0.717) is 6.04 Å². The van der Waals surface area contributed by atoms with Gasteiger partial charge in [-0.15, -0.1) is 24.0 Å². The summed E-state index contributed by atoms with van der Waals surface area (Å²) in [6, 6.07) is 1.47. The van der Waals surface area contributed by atoms with Crippen LogP contribution in [0.2, 0.25) is 0 Å². The second-order valence-corrected chi connectivity index (χ2v) is 8.40. The molecular formula is C21H42IN5O. The van der Waals surface area contributed by atoms with Crippen LogP contribution in [0.4, 0.5) is 0 Å². The first-order valence-corrected chi connectivity index (χ1v) is 11.3. The Morgan fingerprint density at radius 2 is 1.86 bits per heavy atom. The first kappa shape index (κ1) is 24.2. The number of nitrogens with one attached hydrogen (secondary N) is 1. The molecule has 164 valence electrons. The van der Waals surface area contributed by atoms with Crippen molar-refractivity contribution < 1.29 is 4.74 Å². The molecule has 2 saturated heterocycles. The van der Waals surface area contributed by atoms with Gasteiger partial charge in [0.15, 0.2) is 5.96 Å². The number of guanidine groups is 1. The van der Waals surface area contributed by atoms with Gasteiger partial charge in [0.25, 0.3) is 0 Å². The highest BCUT2D eigenvalue weighted by atomic mass is 127. The van der Waals surface area contributed by atoms with Crippen LogP contribution in [0.25, 0.3) is 0 Å². The van der Waals surface area contributed by atoms with Crippen molar-refractivity contribution in [3.63, 3.8) is 0 Å². The van der Waals surface area contributed by atoms with E-state index < -0.39 is 0 Å². The second kappa shape index (κ2) is 13.2. The Kier molecular flexibility index (Phi) is 11.4. The van der Waals surface area contributed by atoms with Gasteiger partial charge in [-0.05, 0) is 46.2 Å². The summed E-state index contributed by atoms with van der Waals surface area (Å²) in [5.74, 6) is 1.12. The molecule has 3 rings (SSSR count). The molecule has 1 saturated carbocycles. The molecule has 3 aliphatic rings. The minimum Gasteiger partial charge on any atom is -0.379 e. The van der Waals surface area contributed by atoms with Crippen molar-refractivity contribution in [2.75, 3.05) is 66.1 Å². The van der Waals surface area contributed by atoms with Crippen molar-refractivity contribution in [1.82, 2.24) is 20.0 Å². The summed E-state index contributed by atoms with van der Waals surface area (Å²) in [6.07, 6.45) is 9.44. The molecule has 3 fully saturated rings. The van der Waals surface area contributed by atoms with Crippen molar-refractivity contribution in [1.29, 1.82) is 0 Å².